The molecule has 2 aromatic rings. The molecule has 2 nitrogen and oxygen atoms in total. The lowest BCUT2D eigenvalue weighted by Crippen LogP contribution is -2.13. The first-order chi connectivity index (χ1) is 12.8. The molecule has 0 heterocycles. The molecule has 1 atom stereocenters. The Balaban J connectivity index is 0.00000392. The fraction of sp³-hybridized carbons (Fsp3) is 0.520. The third kappa shape index (κ3) is 5.75. The lowest BCUT2D eigenvalue weighted by atomic mass is 9.82. The third-order valence-electron chi connectivity index (χ3n) is 5.03. The number of benzene rings is 2. The summed E-state index contributed by atoms with van der Waals surface area (Å²) in [6.07, 6.45) is 2.98. The third-order valence-corrected chi connectivity index (χ3v) is 5.25. The van der Waals surface area contributed by atoms with Gasteiger partial charge in [0.2, 0.25) is 0 Å². The van der Waals surface area contributed by atoms with Crippen molar-refractivity contribution >= 4 is 11.6 Å². The molecule has 0 fully saturated rings. The van der Waals surface area contributed by atoms with Gasteiger partial charge in [-0.2, -0.15) is 0 Å². The zero-order valence-corrected chi connectivity index (χ0v) is 19.5. The van der Waals surface area contributed by atoms with E-state index in [-0.39, 0.29) is 11.5 Å². The van der Waals surface area contributed by atoms with Crippen LogP contribution in [0.5, 0.6) is 11.5 Å². The number of alkyl halides is 1. The maximum absolute atomic E-state index is 6.71. The molecule has 3 heteroatoms. The first kappa shape index (κ1) is 24.5. The average molecular weight is 404 g/mol. The molecule has 0 bridgehead atoms. The van der Waals surface area contributed by atoms with E-state index in [1.165, 1.54) is 27.8 Å². The Morgan fingerprint density at radius 2 is 1.39 bits per heavy atom. The first-order valence-electron chi connectivity index (χ1n) is 10.3. The van der Waals surface area contributed by atoms with E-state index in [1.807, 2.05) is 30.3 Å². The van der Waals surface area contributed by atoms with Crippen LogP contribution >= 0.6 is 11.6 Å². The Bertz CT molecular complexity index is 751. The van der Waals surface area contributed by atoms with Gasteiger partial charge in [0.05, 0.1) is 5.38 Å². The summed E-state index contributed by atoms with van der Waals surface area (Å²) in [4.78, 5) is 0. The summed E-state index contributed by atoms with van der Waals surface area (Å²) in [6.45, 7) is 15.6. The zero-order valence-electron chi connectivity index (χ0n) is 18.7. The molecular formula is C25H38ClNO. The topological polar surface area (TPSA) is 44.2 Å². The van der Waals surface area contributed by atoms with Gasteiger partial charge in [0.1, 0.15) is 11.5 Å². The number of para-hydroxylation sites is 1. The minimum absolute atomic E-state index is 0. The van der Waals surface area contributed by atoms with E-state index in [9.17, 15) is 0 Å². The van der Waals surface area contributed by atoms with Crippen molar-refractivity contribution in [3.8, 4) is 11.5 Å². The predicted octanol–water partition coefficient (Wildman–Crippen LogP) is 8.21. The average Bonchev–Trinajstić information content (AvgIpc) is 2.58. The van der Waals surface area contributed by atoms with Crippen molar-refractivity contribution in [1.29, 1.82) is 0 Å². The largest absolute Gasteiger partial charge is 0.457 e. The summed E-state index contributed by atoms with van der Waals surface area (Å²) in [5.41, 5.74) is 6.67. The van der Waals surface area contributed by atoms with E-state index < -0.39 is 0 Å². The lowest BCUT2D eigenvalue weighted by Gasteiger charge is -2.27. The van der Waals surface area contributed by atoms with Gasteiger partial charge in [-0.1, -0.05) is 52.8 Å². The molecule has 156 valence electrons. The van der Waals surface area contributed by atoms with Crippen LogP contribution < -0.4 is 10.9 Å². The van der Waals surface area contributed by atoms with Crippen molar-refractivity contribution in [2.45, 2.75) is 73.1 Å². The van der Waals surface area contributed by atoms with Crippen LogP contribution in [-0.4, -0.2) is 0 Å². The highest BCUT2D eigenvalue weighted by Crippen LogP contribution is 2.42. The number of hydrogen-bond donors (Lipinski definition) is 1. The normalized spacial score (nSPS) is 12.2. The monoisotopic (exact) mass is 403 g/mol. The Kier molecular flexibility index (Phi) is 9.53. The van der Waals surface area contributed by atoms with Crippen LogP contribution in [0, 0.1) is 18.8 Å². The van der Waals surface area contributed by atoms with Gasteiger partial charge in [-0.25, -0.2) is 0 Å². The van der Waals surface area contributed by atoms with Crippen molar-refractivity contribution in [1.82, 2.24) is 6.15 Å². The van der Waals surface area contributed by atoms with E-state index in [0.717, 1.165) is 30.8 Å². The Hall–Kier alpha value is -1.51. The van der Waals surface area contributed by atoms with Crippen molar-refractivity contribution < 1.29 is 4.74 Å². The second kappa shape index (κ2) is 10.9. The molecule has 0 aromatic heterocycles. The second-order valence-corrected chi connectivity index (χ2v) is 9.04. The molecule has 0 amide bonds. The van der Waals surface area contributed by atoms with E-state index >= 15 is 0 Å². The minimum atomic E-state index is 0. The van der Waals surface area contributed by atoms with Gasteiger partial charge in [0, 0.05) is 0 Å². The summed E-state index contributed by atoms with van der Waals surface area (Å²) in [5, 5.41) is 0.000683. The van der Waals surface area contributed by atoms with E-state index in [2.05, 4.69) is 48.5 Å². The first-order valence-corrected chi connectivity index (χ1v) is 10.7. The van der Waals surface area contributed by atoms with Gasteiger partial charge in [-0.3, -0.25) is 0 Å². The van der Waals surface area contributed by atoms with Crippen LogP contribution in [0.4, 0.5) is 0 Å². The fourth-order valence-corrected chi connectivity index (χ4v) is 4.30. The number of halogens is 1. The maximum atomic E-state index is 6.71. The van der Waals surface area contributed by atoms with Gasteiger partial charge >= 0.3 is 0 Å². The van der Waals surface area contributed by atoms with Gasteiger partial charge in [0.15, 0.2) is 0 Å². The summed E-state index contributed by atoms with van der Waals surface area (Å²) >= 11 is 6.71. The molecule has 0 saturated heterocycles. The molecule has 3 N–H and O–H groups in total. The zero-order chi connectivity index (χ0) is 20.1. The SMILES string of the molecule is CCc1c(C)c(C(C)Cl)c(CC(C)C)c(CC(C)C)c1Oc1ccccc1.N. The van der Waals surface area contributed by atoms with Crippen LogP contribution in [0.2, 0.25) is 0 Å². The molecule has 0 saturated carbocycles. The quantitative estimate of drug-likeness (QED) is 0.451. The van der Waals surface area contributed by atoms with Crippen LogP contribution in [0.1, 0.15) is 74.7 Å². The van der Waals surface area contributed by atoms with E-state index in [0.29, 0.717) is 11.8 Å². The molecule has 0 aliphatic rings. The van der Waals surface area contributed by atoms with Crippen molar-refractivity contribution in [2.24, 2.45) is 11.8 Å². The highest BCUT2D eigenvalue weighted by molar-refractivity contribution is 6.20. The summed E-state index contributed by atoms with van der Waals surface area (Å²) < 4.78 is 6.53. The van der Waals surface area contributed by atoms with E-state index in [1.54, 1.807) is 0 Å². The molecule has 0 aliphatic heterocycles. The Morgan fingerprint density at radius 3 is 1.86 bits per heavy atom. The lowest BCUT2D eigenvalue weighted by molar-refractivity contribution is 0.460. The second-order valence-electron chi connectivity index (χ2n) is 8.38. The fourth-order valence-electron chi connectivity index (χ4n) is 4.00. The Morgan fingerprint density at radius 1 is 0.857 bits per heavy atom. The summed E-state index contributed by atoms with van der Waals surface area (Å²) in [6, 6.07) is 10.2. The van der Waals surface area contributed by atoms with Gasteiger partial charge < -0.3 is 10.9 Å². The summed E-state index contributed by atoms with van der Waals surface area (Å²) in [7, 11) is 0. The van der Waals surface area contributed by atoms with Gasteiger partial charge in [0.25, 0.3) is 0 Å². The maximum Gasteiger partial charge on any atom is 0.134 e. The van der Waals surface area contributed by atoms with Gasteiger partial charge in [-0.15, -0.1) is 11.6 Å². The molecule has 2 rings (SSSR count). The van der Waals surface area contributed by atoms with Crippen molar-refractivity contribution in [3.05, 3.63) is 58.1 Å². The van der Waals surface area contributed by atoms with Crippen molar-refractivity contribution in [2.75, 3.05) is 0 Å². The minimum Gasteiger partial charge on any atom is -0.457 e. The number of hydrogen-bond acceptors (Lipinski definition) is 2. The Labute approximate surface area is 177 Å². The predicted molar refractivity (Wildman–Crippen MR) is 123 cm³/mol. The highest BCUT2D eigenvalue weighted by Gasteiger charge is 2.25. The number of ether oxygens (including phenoxy) is 1. The van der Waals surface area contributed by atoms with E-state index in [4.69, 9.17) is 16.3 Å². The molecule has 0 spiro atoms. The van der Waals surface area contributed by atoms with Gasteiger partial charge in [-0.05, 0) is 84.9 Å². The molecule has 1 unspecified atom stereocenters. The highest BCUT2D eigenvalue weighted by atomic mass is 35.5. The standard InChI is InChI=1S/C25H35ClO.H3N/c1-8-21-18(6)24(19(7)26)22(14-16(2)3)23(15-17(4)5)25(21)27-20-12-10-9-11-13-20;/h9-13,16-17,19H,8,14-15H2,1-7H3;1H3. The van der Waals surface area contributed by atoms with Crippen molar-refractivity contribution in [3.63, 3.8) is 0 Å². The summed E-state index contributed by atoms with van der Waals surface area (Å²) in [5.74, 6) is 3.09. The molecule has 0 radical (unpaired) electrons. The molecular weight excluding hydrogens is 366 g/mol. The van der Waals surface area contributed by atoms with Crippen LogP contribution in [0.3, 0.4) is 0 Å². The number of rotatable bonds is 8. The van der Waals surface area contributed by atoms with Crippen LogP contribution in [0.15, 0.2) is 30.3 Å². The molecule has 28 heavy (non-hydrogen) atoms. The molecule has 2 aromatic carbocycles. The molecule has 0 aliphatic carbocycles. The van der Waals surface area contributed by atoms with Crippen LogP contribution in [-0.2, 0) is 19.3 Å². The van der Waals surface area contributed by atoms with Crippen LogP contribution in [0.25, 0.3) is 0 Å². The smallest absolute Gasteiger partial charge is 0.134 e.